The van der Waals surface area contributed by atoms with Crippen LogP contribution in [0, 0.1) is 23.4 Å². The van der Waals surface area contributed by atoms with Crippen LogP contribution in [0.25, 0.3) is 0 Å². The van der Waals surface area contributed by atoms with Crippen molar-refractivity contribution < 1.29 is 18.0 Å². The van der Waals surface area contributed by atoms with Gasteiger partial charge in [0.2, 0.25) is 0 Å². The first-order valence-electron chi connectivity index (χ1n) is 8.07. The van der Waals surface area contributed by atoms with Crippen molar-refractivity contribution in [1.29, 1.82) is 0 Å². The topological polar surface area (TPSA) is 32.3 Å². The summed E-state index contributed by atoms with van der Waals surface area (Å²) >= 11 is 0. The van der Waals surface area contributed by atoms with Gasteiger partial charge in [0.05, 0.1) is 5.56 Å². The van der Waals surface area contributed by atoms with Crippen molar-refractivity contribution in [2.45, 2.75) is 39.2 Å². The Balaban J connectivity index is 2.03. The Kier molecular flexibility index (Phi) is 6.04. The third-order valence-corrected chi connectivity index (χ3v) is 4.38. The molecule has 1 fully saturated rings. The van der Waals surface area contributed by atoms with E-state index in [2.05, 4.69) is 24.1 Å². The molecule has 1 aliphatic rings. The van der Waals surface area contributed by atoms with Gasteiger partial charge < -0.3 is 5.32 Å². The van der Waals surface area contributed by atoms with Crippen LogP contribution in [0.5, 0.6) is 0 Å². The van der Waals surface area contributed by atoms with Gasteiger partial charge in [0.15, 0.2) is 17.5 Å². The lowest BCUT2D eigenvalue weighted by Gasteiger charge is -2.37. The van der Waals surface area contributed by atoms with Crippen LogP contribution >= 0.6 is 0 Å². The molecule has 0 aliphatic carbocycles. The average molecular weight is 328 g/mol. The minimum absolute atomic E-state index is 0.146. The number of carbonyl (C=O) groups is 1. The van der Waals surface area contributed by atoms with E-state index in [-0.39, 0.29) is 6.04 Å². The fourth-order valence-electron chi connectivity index (χ4n) is 3.03. The highest BCUT2D eigenvalue weighted by molar-refractivity contribution is 5.94. The number of rotatable bonds is 5. The van der Waals surface area contributed by atoms with E-state index in [4.69, 9.17) is 0 Å². The second-order valence-corrected chi connectivity index (χ2v) is 6.34. The predicted octanol–water partition coefficient (Wildman–Crippen LogP) is 3.34. The number of piperidine rings is 1. The lowest BCUT2D eigenvalue weighted by atomic mass is 9.99. The van der Waals surface area contributed by atoms with Crippen LogP contribution in [0.15, 0.2) is 12.1 Å². The number of hydrogen-bond acceptors (Lipinski definition) is 2. The van der Waals surface area contributed by atoms with Crippen LogP contribution in [0.1, 0.15) is 43.5 Å². The van der Waals surface area contributed by atoms with Gasteiger partial charge in [-0.3, -0.25) is 9.69 Å². The molecule has 0 aromatic heterocycles. The molecule has 1 saturated heterocycles. The van der Waals surface area contributed by atoms with Gasteiger partial charge in [-0.2, -0.15) is 0 Å². The Bertz CT molecular complexity index is 557. The summed E-state index contributed by atoms with van der Waals surface area (Å²) in [6, 6.07) is 1.87. The highest BCUT2D eigenvalue weighted by Crippen LogP contribution is 2.18. The van der Waals surface area contributed by atoms with Crippen molar-refractivity contribution in [1.82, 2.24) is 10.2 Å². The van der Waals surface area contributed by atoms with Gasteiger partial charge in [-0.15, -0.1) is 0 Å². The summed E-state index contributed by atoms with van der Waals surface area (Å²) in [7, 11) is 0. The quantitative estimate of drug-likeness (QED) is 0.841. The van der Waals surface area contributed by atoms with Crippen LogP contribution in [-0.2, 0) is 0 Å². The first-order chi connectivity index (χ1) is 10.9. The van der Waals surface area contributed by atoms with Crippen LogP contribution in [0.2, 0.25) is 0 Å². The number of benzene rings is 1. The van der Waals surface area contributed by atoms with E-state index in [1.807, 2.05) is 0 Å². The van der Waals surface area contributed by atoms with Gasteiger partial charge in [0.25, 0.3) is 5.91 Å². The summed E-state index contributed by atoms with van der Waals surface area (Å²) < 4.78 is 39.8. The van der Waals surface area contributed by atoms with E-state index in [1.54, 1.807) is 0 Å². The molecule has 6 heteroatoms. The zero-order chi connectivity index (χ0) is 17.0. The predicted molar refractivity (Wildman–Crippen MR) is 82.7 cm³/mol. The Morgan fingerprint density at radius 2 is 1.78 bits per heavy atom. The summed E-state index contributed by atoms with van der Waals surface area (Å²) in [6.07, 6.45) is 3.48. The molecular formula is C17H23F3N2O. The molecule has 0 spiro atoms. The molecule has 0 bridgehead atoms. The SMILES string of the molecule is CC(C)C(CNC(=O)c1ccc(F)c(F)c1F)N1CCCCC1. The molecule has 1 aromatic carbocycles. The number of likely N-dealkylation sites (tertiary alicyclic amines) is 1. The van der Waals surface area contributed by atoms with Gasteiger partial charge in [0.1, 0.15) is 0 Å². The maximum Gasteiger partial charge on any atom is 0.254 e. The monoisotopic (exact) mass is 328 g/mol. The third kappa shape index (κ3) is 4.25. The molecule has 3 nitrogen and oxygen atoms in total. The summed E-state index contributed by atoms with van der Waals surface area (Å²) in [4.78, 5) is 14.4. The maximum atomic E-state index is 13.7. The van der Waals surface area contributed by atoms with Crippen molar-refractivity contribution in [3.8, 4) is 0 Å². The zero-order valence-corrected chi connectivity index (χ0v) is 13.5. The van der Waals surface area contributed by atoms with Gasteiger partial charge in [-0.05, 0) is 44.0 Å². The second kappa shape index (κ2) is 7.81. The molecule has 1 amide bonds. The lowest BCUT2D eigenvalue weighted by Crippen LogP contribution is -2.48. The van der Waals surface area contributed by atoms with E-state index in [0.717, 1.165) is 38.1 Å². The van der Waals surface area contributed by atoms with E-state index in [1.165, 1.54) is 6.42 Å². The second-order valence-electron chi connectivity index (χ2n) is 6.34. The number of nitrogens with zero attached hydrogens (tertiary/aromatic N) is 1. The molecule has 1 atom stereocenters. The van der Waals surface area contributed by atoms with Crippen molar-refractivity contribution >= 4 is 5.91 Å². The Hall–Kier alpha value is -1.56. The standard InChI is InChI=1S/C17H23F3N2O/c1-11(2)14(22-8-4-3-5-9-22)10-21-17(23)12-6-7-13(18)16(20)15(12)19/h6-7,11,14H,3-5,8-10H2,1-2H3,(H,21,23). The molecule has 1 heterocycles. The first-order valence-corrected chi connectivity index (χ1v) is 8.07. The smallest absolute Gasteiger partial charge is 0.254 e. The van der Waals surface area contributed by atoms with E-state index >= 15 is 0 Å². The van der Waals surface area contributed by atoms with Crippen LogP contribution < -0.4 is 5.32 Å². The molecule has 1 N–H and O–H groups in total. The van der Waals surface area contributed by atoms with Crippen LogP contribution in [0.4, 0.5) is 13.2 Å². The number of carbonyl (C=O) groups excluding carboxylic acids is 1. The largest absolute Gasteiger partial charge is 0.350 e. The minimum Gasteiger partial charge on any atom is -0.350 e. The lowest BCUT2D eigenvalue weighted by molar-refractivity contribution is 0.0890. The van der Waals surface area contributed by atoms with Gasteiger partial charge in [0, 0.05) is 12.6 Å². The molecule has 0 radical (unpaired) electrons. The van der Waals surface area contributed by atoms with E-state index in [9.17, 15) is 18.0 Å². The average Bonchev–Trinajstić information content (AvgIpc) is 2.53. The summed E-state index contributed by atoms with van der Waals surface area (Å²) in [5.41, 5.74) is -0.468. The molecule has 128 valence electrons. The zero-order valence-electron chi connectivity index (χ0n) is 13.5. The van der Waals surface area contributed by atoms with Crippen LogP contribution in [0.3, 0.4) is 0 Å². The molecule has 23 heavy (non-hydrogen) atoms. The number of nitrogens with one attached hydrogen (secondary N) is 1. The molecular weight excluding hydrogens is 305 g/mol. The molecule has 1 unspecified atom stereocenters. The van der Waals surface area contributed by atoms with E-state index in [0.29, 0.717) is 12.5 Å². The Morgan fingerprint density at radius 3 is 2.39 bits per heavy atom. The first kappa shape index (κ1) is 17.8. The maximum absolute atomic E-state index is 13.7. The van der Waals surface area contributed by atoms with Crippen molar-refractivity contribution in [2.24, 2.45) is 5.92 Å². The van der Waals surface area contributed by atoms with Crippen molar-refractivity contribution in [3.05, 3.63) is 35.1 Å². The Labute approximate surface area is 134 Å². The van der Waals surface area contributed by atoms with Crippen molar-refractivity contribution in [2.75, 3.05) is 19.6 Å². The van der Waals surface area contributed by atoms with Gasteiger partial charge >= 0.3 is 0 Å². The fourth-order valence-corrected chi connectivity index (χ4v) is 3.03. The summed E-state index contributed by atoms with van der Waals surface area (Å²) in [6.45, 7) is 6.47. The molecule has 1 aromatic rings. The third-order valence-electron chi connectivity index (χ3n) is 4.38. The number of amides is 1. The molecule has 2 rings (SSSR count). The fraction of sp³-hybridized carbons (Fsp3) is 0.588. The highest BCUT2D eigenvalue weighted by Gasteiger charge is 2.25. The highest BCUT2D eigenvalue weighted by atomic mass is 19.2. The Morgan fingerprint density at radius 1 is 1.13 bits per heavy atom. The minimum atomic E-state index is -1.62. The summed E-state index contributed by atoms with van der Waals surface area (Å²) in [5, 5.41) is 2.66. The van der Waals surface area contributed by atoms with Crippen LogP contribution in [-0.4, -0.2) is 36.5 Å². The van der Waals surface area contributed by atoms with E-state index < -0.39 is 28.9 Å². The van der Waals surface area contributed by atoms with Crippen molar-refractivity contribution in [3.63, 3.8) is 0 Å². The van der Waals surface area contributed by atoms with Gasteiger partial charge in [-0.1, -0.05) is 20.3 Å². The molecule has 1 aliphatic heterocycles. The normalized spacial score (nSPS) is 17.3. The number of halogens is 3. The number of hydrogen-bond donors (Lipinski definition) is 1. The molecule has 0 saturated carbocycles. The van der Waals surface area contributed by atoms with Gasteiger partial charge in [-0.25, -0.2) is 13.2 Å². The summed E-state index contributed by atoms with van der Waals surface area (Å²) in [5.74, 6) is -4.75.